The second-order valence-corrected chi connectivity index (χ2v) is 5.04. The molecule has 0 heterocycles. The van der Waals surface area contributed by atoms with Gasteiger partial charge in [-0.25, -0.2) is 8.78 Å². The van der Waals surface area contributed by atoms with Crippen LogP contribution in [0.2, 0.25) is 0 Å². The van der Waals surface area contributed by atoms with Crippen LogP contribution in [0.1, 0.15) is 36.8 Å². The molecule has 0 bridgehead atoms. The largest absolute Gasteiger partial charge is 0.324 e. The molecule has 1 saturated carbocycles. The third-order valence-electron chi connectivity index (χ3n) is 3.28. The van der Waals surface area contributed by atoms with Crippen LogP contribution in [0.15, 0.2) is 24.3 Å². The molecule has 88 valence electrons. The van der Waals surface area contributed by atoms with Crippen LogP contribution >= 0.6 is 0 Å². The summed E-state index contributed by atoms with van der Waals surface area (Å²) in [5, 5.41) is 0. The van der Waals surface area contributed by atoms with Gasteiger partial charge in [-0.15, -0.1) is 0 Å². The Labute approximate surface area is 94.7 Å². The van der Waals surface area contributed by atoms with E-state index in [1.54, 1.807) is 6.07 Å². The number of benzene rings is 1. The lowest BCUT2D eigenvalue weighted by Crippen LogP contribution is -2.40. The second-order valence-electron chi connectivity index (χ2n) is 5.04. The Kier molecular flexibility index (Phi) is 2.54. The molecular formula is C13H17F2N. The fraction of sp³-hybridized carbons (Fsp3) is 0.538. The normalized spacial score (nSPS) is 20.6. The summed E-state index contributed by atoms with van der Waals surface area (Å²) in [7, 11) is 0. The summed E-state index contributed by atoms with van der Waals surface area (Å²) in [5.41, 5.74) is 6.93. The summed E-state index contributed by atoms with van der Waals surface area (Å²) in [6.07, 6.45) is 1.38. The van der Waals surface area contributed by atoms with Gasteiger partial charge in [-0.1, -0.05) is 29.8 Å². The third-order valence-corrected chi connectivity index (χ3v) is 3.28. The highest BCUT2D eigenvalue weighted by atomic mass is 19.3. The molecule has 1 unspecified atom stereocenters. The van der Waals surface area contributed by atoms with Gasteiger partial charge in [0.25, 0.3) is 5.92 Å². The monoisotopic (exact) mass is 225 g/mol. The van der Waals surface area contributed by atoms with Crippen LogP contribution in [0.25, 0.3) is 0 Å². The first-order chi connectivity index (χ1) is 7.33. The van der Waals surface area contributed by atoms with Gasteiger partial charge < -0.3 is 5.73 Å². The van der Waals surface area contributed by atoms with Crippen molar-refractivity contribution in [1.29, 1.82) is 0 Å². The van der Waals surface area contributed by atoms with Gasteiger partial charge in [-0.2, -0.15) is 0 Å². The molecule has 0 aromatic heterocycles. The van der Waals surface area contributed by atoms with Crippen molar-refractivity contribution in [2.24, 2.45) is 5.73 Å². The van der Waals surface area contributed by atoms with Gasteiger partial charge in [0.1, 0.15) is 0 Å². The molecule has 2 rings (SSSR count). The first-order valence-corrected chi connectivity index (χ1v) is 5.56. The number of rotatable bonds is 3. The van der Waals surface area contributed by atoms with E-state index in [1.165, 1.54) is 0 Å². The van der Waals surface area contributed by atoms with E-state index in [1.807, 2.05) is 25.1 Å². The van der Waals surface area contributed by atoms with Crippen molar-refractivity contribution in [1.82, 2.24) is 0 Å². The molecule has 1 atom stereocenters. The van der Waals surface area contributed by atoms with Crippen LogP contribution in [0.5, 0.6) is 0 Å². The van der Waals surface area contributed by atoms with Crippen LogP contribution in [0.3, 0.4) is 0 Å². The standard InChI is InChI=1S/C13H17F2N/c1-9-4-3-5-10(8-9)11(12(2,14)15)13(16)6-7-13/h3-5,8,11H,6-7,16H2,1-2H3. The van der Waals surface area contributed by atoms with Gasteiger partial charge in [0.2, 0.25) is 0 Å². The van der Waals surface area contributed by atoms with Crippen LogP contribution in [0.4, 0.5) is 8.78 Å². The summed E-state index contributed by atoms with van der Waals surface area (Å²) in [4.78, 5) is 0. The molecule has 1 fully saturated rings. The minimum atomic E-state index is -2.76. The zero-order chi connectivity index (χ0) is 12.0. The minimum Gasteiger partial charge on any atom is -0.324 e. The Morgan fingerprint density at radius 2 is 2.00 bits per heavy atom. The van der Waals surface area contributed by atoms with E-state index in [-0.39, 0.29) is 0 Å². The Hall–Kier alpha value is -0.960. The fourth-order valence-electron chi connectivity index (χ4n) is 2.41. The van der Waals surface area contributed by atoms with Crippen molar-refractivity contribution in [3.63, 3.8) is 0 Å². The van der Waals surface area contributed by atoms with Crippen molar-refractivity contribution >= 4 is 0 Å². The van der Waals surface area contributed by atoms with Crippen LogP contribution in [0, 0.1) is 6.92 Å². The second kappa shape index (κ2) is 3.52. The Morgan fingerprint density at radius 1 is 1.38 bits per heavy atom. The minimum absolute atomic E-state index is 0.660. The molecule has 1 aliphatic rings. The first kappa shape index (κ1) is 11.5. The van der Waals surface area contributed by atoms with E-state index in [9.17, 15) is 8.78 Å². The average Bonchev–Trinajstić information content (AvgIpc) is 2.81. The summed E-state index contributed by atoms with van der Waals surface area (Å²) in [6.45, 7) is 2.87. The summed E-state index contributed by atoms with van der Waals surface area (Å²) < 4.78 is 27.3. The number of alkyl halides is 2. The molecule has 3 heteroatoms. The lowest BCUT2D eigenvalue weighted by molar-refractivity contribution is -0.0195. The van der Waals surface area contributed by atoms with Crippen molar-refractivity contribution in [3.05, 3.63) is 35.4 Å². The van der Waals surface area contributed by atoms with Gasteiger partial charge in [-0.3, -0.25) is 0 Å². The smallest absolute Gasteiger partial charge is 0.253 e. The molecule has 0 amide bonds. The molecule has 0 saturated heterocycles. The van der Waals surface area contributed by atoms with Crippen molar-refractivity contribution in [2.45, 2.75) is 44.1 Å². The summed E-state index contributed by atoms with van der Waals surface area (Å²) in [5.74, 6) is -3.63. The van der Waals surface area contributed by atoms with Crippen molar-refractivity contribution in [2.75, 3.05) is 0 Å². The van der Waals surface area contributed by atoms with Gasteiger partial charge >= 0.3 is 0 Å². The predicted octanol–water partition coefficient (Wildman–Crippen LogP) is 3.23. The van der Waals surface area contributed by atoms with E-state index >= 15 is 0 Å². The van der Waals surface area contributed by atoms with Crippen molar-refractivity contribution < 1.29 is 8.78 Å². The third kappa shape index (κ3) is 2.09. The van der Waals surface area contributed by atoms with Gasteiger partial charge in [0.15, 0.2) is 0 Å². The summed E-state index contributed by atoms with van der Waals surface area (Å²) >= 11 is 0. The lowest BCUT2D eigenvalue weighted by atomic mass is 9.84. The molecule has 0 spiro atoms. The van der Waals surface area contributed by atoms with E-state index in [4.69, 9.17) is 5.73 Å². The zero-order valence-electron chi connectivity index (χ0n) is 9.63. The maximum absolute atomic E-state index is 13.7. The van der Waals surface area contributed by atoms with E-state index in [2.05, 4.69) is 0 Å². The Bertz CT molecular complexity index is 386. The number of nitrogens with two attached hydrogens (primary N) is 1. The highest BCUT2D eigenvalue weighted by molar-refractivity contribution is 5.32. The van der Waals surface area contributed by atoms with Crippen LogP contribution < -0.4 is 5.73 Å². The van der Waals surface area contributed by atoms with E-state index < -0.39 is 17.4 Å². The van der Waals surface area contributed by atoms with E-state index in [0.717, 1.165) is 12.5 Å². The molecule has 1 aromatic rings. The first-order valence-electron chi connectivity index (χ1n) is 5.56. The highest BCUT2D eigenvalue weighted by Gasteiger charge is 2.55. The van der Waals surface area contributed by atoms with Crippen LogP contribution in [-0.4, -0.2) is 11.5 Å². The topological polar surface area (TPSA) is 26.0 Å². The lowest BCUT2D eigenvalue weighted by Gasteiger charge is -2.29. The fourth-order valence-corrected chi connectivity index (χ4v) is 2.41. The molecule has 16 heavy (non-hydrogen) atoms. The Balaban J connectivity index is 2.40. The number of halogens is 2. The molecule has 1 aliphatic carbocycles. The molecular weight excluding hydrogens is 208 g/mol. The summed E-state index contributed by atoms with van der Waals surface area (Å²) in [6, 6.07) is 7.29. The number of aryl methyl sites for hydroxylation is 1. The quantitative estimate of drug-likeness (QED) is 0.839. The Morgan fingerprint density at radius 3 is 2.44 bits per heavy atom. The van der Waals surface area contributed by atoms with Crippen molar-refractivity contribution in [3.8, 4) is 0 Å². The average molecular weight is 225 g/mol. The molecule has 0 radical (unpaired) electrons. The number of hydrogen-bond donors (Lipinski definition) is 1. The van der Waals surface area contributed by atoms with Crippen LogP contribution in [-0.2, 0) is 0 Å². The SMILES string of the molecule is Cc1cccc(C(C(C)(F)F)C2(N)CC2)c1. The van der Waals surface area contributed by atoms with Gasteiger partial charge in [0.05, 0.1) is 5.92 Å². The predicted molar refractivity (Wildman–Crippen MR) is 60.7 cm³/mol. The molecule has 2 N–H and O–H groups in total. The number of hydrogen-bond acceptors (Lipinski definition) is 1. The van der Waals surface area contributed by atoms with Gasteiger partial charge in [-0.05, 0) is 25.3 Å². The molecule has 1 nitrogen and oxygen atoms in total. The maximum atomic E-state index is 13.7. The molecule has 1 aromatic carbocycles. The zero-order valence-corrected chi connectivity index (χ0v) is 9.63. The highest BCUT2D eigenvalue weighted by Crippen LogP contribution is 2.51. The van der Waals surface area contributed by atoms with E-state index in [0.29, 0.717) is 18.4 Å². The maximum Gasteiger partial charge on any atom is 0.253 e. The van der Waals surface area contributed by atoms with Gasteiger partial charge in [0, 0.05) is 12.5 Å². The molecule has 0 aliphatic heterocycles.